The van der Waals surface area contributed by atoms with E-state index in [0.29, 0.717) is 5.75 Å². The van der Waals surface area contributed by atoms with Gasteiger partial charge >= 0.3 is 5.97 Å². The van der Waals surface area contributed by atoms with Gasteiger partial charge in [-0.25, -0.2) is 9.18 Å². The SMILES string of the molecule is CC1=CCC[S+]1c1cc(C)c(OCC(=O)OC(C)(C)C#Cc2ccccc2F)c(C)c1. The van der Waals surface area contributed by atoms with Crippen LogP contribution in [0.5, 0.6) is 5.75 Å². The van der Waals surface area contributed by atoms with Crippen molar-refractivity contribution in [1.82, 2.24) is 0 Å². The van der Waals surface area contributed by atoms with Crippen molar-refractivity contribution in [2.45, 2.75) is 51.5 Å². The number of benzene rings is 2. The molecule has 0 saturated heterocycles. The number of allylic oxidation sites excluding steroid dienone is 2. The maximum Gasteiger partial charge on any atom is 0.345 e. The molecule has 162 valence electrons. The Morgan fingerprint density at radius 1 is 1.16 bits per heavy atom. The van der Waals surface area contributed by atoms with Gasteiger partial charge < -0.3 is 9.47 Å². The number of hydrogen-bond acceptors (Lipinski definition) is 3. The molecular formula is C26H28FO3S+. The monoisotopic (exact) mass is 439 g/mol. The van der Waals surface area contributed by atoms with Gasteiger partial charge in [-0.2, -0.15) is 0 Å². The van der Waals surface area contributed by atoms with Crippen LogP contribution in [0.3, 0.4) is 0 Å². The van der Waals surface area contributed by atoms with Crippen molar-refractivity contribution in [1.29, 1.82) is 0 Å². The fourth-order valence-corrected chi connectivity index (χ4v) is 5.72. The minimum Gasteiger partial charge on any atom is -0.481 e. The molecule has 1 heterocycles. The van der Waals surface area contributed by atoms with E-state index in [1.807, 2.05) is 13.8 Å². The van der Waals surface area contributed by atoms with E-state index in [2.05, 4.69) is 37.0 Å². The standard InChI is InChI=1S/C26H28FO3S/c1-18-15-22(31-14-8-9-20(31)3)16-19(2)25(18)29-17-24(28)30-26(4,5)13-12-21-10-6-7-11-23(21)27/h6-7,9-11,15-16H,8,14,17H2,1-5H3/q+1. The van der Waals surface area contributed by atoms with Gasteiger partial charge in [0.2, 0.25) is 0 Å². The third-order valence-electron chi connectivity index (χ3n) is 4.94. The fraction of sp³-hybridized carbons (Fsp3) is 0.346. The number of ether oxygens (including phenoxy) is 2. The van der Waals surface area contributed by atoms with E-state index >= 15 is 0 Å². The van der Waals surface area contributed by atoms with E-state index in [4.69, 9.17) is 9.47 Å². The zero-order valence-electron chi connectivity index (χ0n) is 18.7. The Morgan fingerprint density at radius 2 is 1.84 bits per heavy atom. The smallest absolute Gasteiger partial charge is 0.345 e. The normalized spacial score (nSPS) is 15.7. The van der Waals surface area contributed by atoms with Gasteiger partial charge in [0.05, 0.1) is 16.5 Å². The fourth-order valence-electron chi connectivity index (χ4n) is 3.48. The Hall–Kier alpha value is -2.71. The number of aryl methyl sites for hydroxylation is 2. The molecule has 1 unspecified atom stereocenters. The number of halogens is 1. The minimum absolute atomic E-state index is 0.162. The second-order valence-electron chi connectivity index (χ2n) is 8.09. The summed E-state index contributed by atoms with van der Waals surface area (Å²) in [4.78, 5) is 15.1. The predicted octanol–water partition coefficient (Wildman–Crippen LogP) is 5.48. The molecule has 0 fully saturated rings. The number of esters is 1. The summed E-state index contributed by atoms with van der Waals surface area (Å²) in [7, 11) is 0.162. The summed E-state index contributed by atoms with van der Waals surface area (Å²) in [6.45, 7) is 9.32. The Kier molecular flexibility index (Phi) is 7.12. The van der Waals surface area contributed by atoms with Crippen LogP contribution in [-0.4, -0.2) is 23.9 Å². The lowest BCUT2D eigenvalue weighted by molar-refractivity contribution is -0.154. The summed E-state index contributed by atoms with van der Waals surface area (Å²) in [6.07, 6.45) is 3.44. The van der Waals surface area contributed by atoms with Gasteiger partial charge in [0, 0.05) is 25.5 Å². The summed E-state index contributed by atoms with van der Waals surface area (Å²) in [6, 6.07) is 10.6. The molecule has 0 aromatic heterocycles. The molecule has 1 aliphatic rings. The second-order valence-corrected chi connectivity index (χ2v) is 10.4. The summed E-state index contributed by atoms with van der Waals surface area (Å²) in [5, 5.41) is 0. The van der Waals surface area contributed by atoms with Gasteiger partial charge in [-0.15, -0.1) is 0 Å². The van der Waals surface area contributed by atoms with Crippen LogP contribution in [0.4, 0.5) is 4.39 Å². The number of hydrogen-bond donors (Lipinski definition) is 0. The molecule has 0 amide bonds. The van der Waals surface area contributed by atoms with Crippen molar-refractivity contribution in [3.63, 3.8) is 0 Å². The molecule has 0 aliphatic carbocycles. The van der Waals surface area contributed by atoms with E-state index in [1.54, 1.807) is 32.0 Å². The first kappa shape index (κ1) is 23.0. The Labute approximate surface area is 187 Å². The average molecular weight is 440 g/mol. The van der Waals surface area contributed by atoms with Crippen LogP contribution in [0, 0.1) is 31.5 Å². The lowest BCUT2D eigenvalue weighted by atomic mass is 10.1. The van der Waals surface area contributed by atoms with Crippen molar-refractivity contribution in [2.24, 2.45) is 0 Å². The van der Waals surface area contributed by atoms with E-state index in [9.17, 15) is 9.18 Å². The van der Waals surface area contributed by atoms with Gasteiger partial charge in [0.25, 0.3) is 0 Å². The first-order valence-electron chi connectivity index (χ1n) is 10.3. The van der Waals surface area contributed by atoms with Crippen LogP contribution < -0.4 is 4.74 Å². The molecule has 31 heavy (non-hydrogen) atoms. The van der Waals surface area contributed by atoms with Gasteiger partial charge in [0.1, 0.15) is 22.2 Å². The molecule has 0 saturated carbocycles. The zero-order valence-corrected chi connectivity index (χ0v) is 19.5. The predicted molar refractivity (Wildman–Crippen MR) is 124 cm³/mol. The van der Waals surface area contributed by atoms with E-state index in [-0.39, 0.29) is 23.1 Å². The minimum atomic E-state index is -1.07. The van der Waals surface area contributed by atoms with Gasteiger partial charge in [-0.1, -0.05) is 24.0 Å². The third-order valence-corrected chi connectivity index (χ3v) is 7.33. The lowest BCUT2D eigenvalue weighted by Gasteiger charge is -2.19. The Bertz CT molecular complexity index is 1050. The average Bonchev–Trinajstić information content (AvgIpc) is 3.12. The molecule has 0 radical (unpaired) electrons. The molecule has 0 bridgehead atoms. The largest absolute Gasteiger partial charge is 0.481 e. The molecule has 5 heteroatoms. The topological polar surface area (TPSA) is 35.5 Å². The zero-order chi connectivity index (χ0) is 22.6. The maximum atomic E-state index is 13.7. The van der Waals surface area contributed by atoms with E-state index in [1.165, 1.54) is 21.6 Å². The molecule has 3 rings (SSSR count). The Morgan fingerprint density at radius 3 is 2.45 bits per heavy atom. The summed E-state index contributed by atoms with van der Waals surface area (Å²) in [5.41, 5.74) is 1.22. The van der Waals surface area contributed by atoms with Crippen LogP contribution in [0.15, 0.2) is 52.3 Å². The summed E-state index contributed by atoms with van der Waals surface area (Å²) < 4.78 is 25.0. The van der Waals surface area contributed by atoms with Crippen molar-refractivity contribution >= 4 is 16.9 Å². The third kappa shape index (κ3) is 5.92. The molecule has 0 spiro atoms. The highest BCUT2D eigenvalue weighted by Gasteiger charge is 2.30. The molecule has 3 nitrogen and oxygen atoms in total. The van der Waals surface area contributed by atoms with Crippen LogP contribution in [0.2, 0.25) is 0 Å². The molecule has 1 atom stereocenters. The molecule has 2 aromatic carbocycles. The lowest BCUT2D eigenvalue weighted by Crippen LogP contribution is -2.29. The quantitative estimate of drug-likeness (QED) is 0.352. The van der Waals surface area contributed by atoms with E-state index in [0.717, 1.165) is 17.5 Å². The van der Waals surface area contributed by atoms with E-state index < -0.39 is 17.4 Å². The van der Waals surface area contributed by atoms with Gasteiger partial charge in [-0.05, 0) is 57.0 Å². The van der Waals surface area contributed by atoms with Crippen molar-refractivity contribution in [3.05, 3.63) is 69.9 Å². The highest BCUT2D eigenvalue weighted by atomic mass is 32.2. The summed E-state index contributed by atoms with van der Waals surface area (Å²) >= 11 is 0. The highest BCUT2D eigenvalue weighted by Crippen LogP contribution is 2.33. The maximum absolute atomic E-state index is 13.7. The van der Waals surface area contributed by atoms with Gasteiger partial charge in [-0.3, -0.25) is 0 Å². The first-order chi connectivity index (χ1) is 14.7. The molecule has 0 N–H and O–H groups in total. The number of carbonyl (C=O) groups is 1. The summed E-state index contributed by atoms with van der Waals surface area (Å²) in [5.74, 6) is 6.51. The molecule has 1 aliphatic heterocycles. The van der Waals surface area contributed by atoms with Crippen LogP contribution >= 0.6 is 0 Å². The number of carbonyl (C=O) groups excluding carboxylic acids is 1. The molecular weight excluding hydrogens is 411 g/mol. The first-order valence-corrected chi connectivity index (χ1v) is 11.7. The van der Waals surface area contributed by atoms with Crippen molar-refractivity contribution in [3.8, 4) is 17.6 Å². The van der Waals surface area contributed by atoms with Crippen LogP contribution in [0.1, 0.15) is 43.9 Å². The molecule has 2 aromatic rings. The second kappa shape index (κ2) is 9.62. The Balaban J connectivity index is 1.63. The van der Waals surface area contributed by atoms with Crippen molar-refractivity contribution in [2.75, 3.05) is 12.4 Å². The van der Waals surface area contributed by atoms with Crippen LogP contribution in [0.25, 0.3) is 0 Å². The highest BCUT2D eigenvalue weighted by molar-refractivity contribution is 8.00. The van der Waals surface area contributed by atoms with Crippen molar-refractivity contribution < 1.29 is 18.7 Å². The van der Waals surface area contributed by atoms with Crippen LogP contribution in [-0.2, 0) is 20.4 Å². The number of rotatable bonds is 5. The van der Waals surface area contributed by atoms with Gasteiger partial charge in [0.15, 0.2) is 17.1 Å².